The number of carbonyl (C=O) groups excluding carboxylic acids is 3. The third kappa shape index (κ3) is 6.13. The van der Waals surface area contributed by atoms with Crippen molar-refractivity contribution in [3.05, 3.63) is 53.7 Å². The van der Waals surface area contributed by atoms with Crippen LogP contribution in [0.15, 0.2) is 47.8 Å². The van der Waals surface area contributed by atoms with Crippen molar-refractivity contribution in [1.82, 2.24) is 4.98 Å². The lowest BCUT2D eigenvalue weighted by molar-refractivity contribution is -0.118. The van der Waals surface area contributed by atoms with Crippen molar-refractivity contribution >= 4 is 45.6 Å². The summed E-state index contributed by atoms with van der Waals surface area (Å²) in [6.45, 7) is 1.09. The predicted molar refractivity (Wildman–Crippen MR) is 124 cm³/mol. The summed E-state index contributed by atoms with van der Waals surface area (Å²) >= 11 is 1.15. The highest BCUT2D eigenvalue weighted by molar-refractivity contribution is 7.14. The third-order valence-electron chi connectivity index (χ3n) is 4.74. The molecule has 170 valence electrons. The number of benzene rings is 2. The summed E-state index contributed by atoms with van der Waals surface area (Å²) in [5.74, 6) is -0.735. The number of aromatic nitrogens is 1. The summed E-state index contributed by atoms with van der Waals surface area (Å²) < 4.78 is 19.9. The van der Waals surface area contributed by atoms with Gasteiger partial charge in [-0.2, -0.15) is 0 Å². The number of nitrogens with one attached hydrogen (secondary N) is 3. The van der Waals surface area contributed by atoms with E-state index in [4.69, 9.17) is 4.74 Å². The number of halogens is 1. The topological polar surface area (TPSA) is 109 Å². The molecule has 1 heterocycles. The van der Waals surface area contributed by atoms with Gasteiger partial charge in [0.05, 0.1) is 5.69 Å². The van der Waals surface area contributed by atoms with E-state index in [9.17, 15) is 18.8 Å². The average molecular weight is 469 g/mol. The minimum absolute atomic E-state index is 0.00865. The minimum Gasteiger partial charge on any atom is -0.484 e. The van der Waals surface area contributed by atoms with E-state index in [1.807, 2.05) is 0 Å². The molecule has 0 radical (unpaired) electrons. The van der Waals surface area contributed by atoms with Crippen LogP contribution >= 0.6 is 11.3 Å². The van der Waals surface area contributed by atoms with Gasteiger partial charge in [-0.25, -0.2) is 9.37 Å². The van der Waals surface area contributed by atoms with Crippen LogP contribution in [0.25, 0.3) is 11.3 Å². The second kappa shape index (κ2) is 9.78. The van der Waals surface area contributed by atoms with Gasteiger partial charge in [-0.3, -0.25) is 19.7 Å². The number of carbonyl (C=O) groups is 3. The second-order valence-electron chi connectivity index (χ2n) is 7.54. The van der Waals surface area contributed by atoms with Crippen LogP contribution in [0, 0.1) is 11.7 Å². The van der Waals surface area contributed by atoms with Crippen LogP contribution < -0.4 is 20.7 Å². The largest absolute Gasteiger partial charge is 0.484 e. The Bertz CT molecular complexity index is 1210. The Morgan fingerprint density at radius 2 is 1.88 bits per heavy atom. The van der Waals surface area contributed by atoms with Gasteiger partial charge >= 0.3 is 0 Å². The summed E-state index contributed by atoms with van der Waals surface area (Å²) in [6, 6.07) is 11.1. The number of nitrogens with zero attached hydrogens (tertiary/aromatic N) is 1. The van der Waals surface area contributed by atoms with Crippen molar-refractivity contribution < 1.29 is 23.5 Å². The predicted octanol–water partition coefficient (Wildman–Crippen LogP) is 4.27. The van der Waals surface area contributed by atoms with Gasteiger partial charge in [0, 0.05) is 41.2 Å². The molecule has 1 saturated carbocycles. The molecule has 0 unspecified atom stereocenters. The fraction of sp³-hybridized carbons (Fsp3) is 0.217. The van der Waals surface area contributed by atoms with Crippen molar-refractivity contribution in [3.63, 3.8) is 0 Å². The van der Waals surface area contributed by atoms with Crippen LogP contribution in [0.5, 0.6) is 5.75 Å². The molecule has 1 fully saturated rings. The SMILES string of the molecule is CC(=O)Nc1ccc(-c2csc(NC(=O)COc3cccc(NC(=O)C4CC4)c3)n2)c(F)c1. The smallest absolute Gasteiger partial charge is 0.264 e. The Hall–Kier alpha value is -3.79. The maximum Gasteiger partial charge on any atom is 0.264 e. The van der Waals surface area contributed by atoms with E-state index in [2.05, 4.69) is 20.9 Å². The normalized spacial score (nSPS) is 12.7. The lowest BCUT2D eigenvalue weighted by Crippen LogP contribution is -2.20. The fourth-order valence-corrected chi connectivity index (χ4v) is 3.74. The average Bonchev–Trinajstić information content (AvgIpc) is 3.52. The van der Waals surface area contributed by atoms with Crippen molar-refractivity contribution in [3.8, 4) is 17.0 Å². The molecule has 3 aromatic rings. The van der Waals surface area contributed by atoms with E-state index in [0.717, 1.165) is 24.2 Å². The molecule has 0 saturated heterocycles. The molecule has 1 aromatic heterocycles. The van der Waals surface area contributed by atoms with E-state index in [0.29, 0.717) is 27.9 Å². The van der Waals surface area contributed by atoms with Gasteiger partial charge < -0.3 is 15.4 Å². The van der Waals surface area contributed by atoms with E-state index < -0.39 is 11.7 Å². The first-order valence-electron chi connectivity index (χ1n) is 10.2. The standard InChI is InChI=1S/C23H21FN4O4S/c1-13(29)25-16-7-8-18(19(24)10-16)20-12-33-23(27-20)28-21(30)11-32-17-4-2-3-15(9-17)26-22(31)14-5-6-14/h2-4,7-10,12,14H,5-6,11H2,1H3,(H,25,29)(H,26,31)(H,27,28,30). The molecule has 0 bridgehead atoms. The number of rotatable bonds is 8. The molecule has 10 heteroatoms. The molecular formula is C23H21FN4O4S. The first-order chi connectivity index (χ1) is 15.9. The number of anilines is 3. The first kappa shape index (κ1) is 22.4. The monoisotopic (exact) mass is 468 g/mol. The highest BCUT2D eigenvalue weighted by atomic mass is 32.1. The van der Waals surface area contributed by atoms with E-state index >= 15 is 0 Å². The minimum atomic E-state index is -0.540. The fourth-order valence-electron chi connectivity index (χ4n) is 3.02. The maximum atomic E-state index is 14.4. The van der Waals surface area contributed by atoms with Crippen molar-refractivity contribution in [2.75, 3.05) is 22.6 Å². The first-order valence-corrected chi connectivity index (χ1v) is 11.1. The van der Waals surface area contributed by atoms with Gasteiger partial charge in [-0.1, -0.05) is 6.07 Å². The van der Waals surface area contributed by atoms with E-state index in [1.54, 1.807) is 35.7 Å². The summed E-state index contributed by atoms with van der Waals surface area (Å²) in [7, 11) is 0. The van der Waals surface area contributed by atoms with Crippen LogP contribution in [-0.4, -0.2) is 29.3 Å². The summed E-state index contributed by atoms with van der Waals surface area (Å²) in [4.78, 5) is 39.5. The Kier molecular flexibility index (Phi) is 6.64. The van der Waals surface area contributed by atoms with Gasteiger partial charge in [0.2, 0.25) is 11.8 Å². The number of hydrogen-bond donors (Lipinski definition) is 3. The van der Waals surface area contributed by atoms with Gasteiger partial charge in [-0.15, -0.1) is 11.3 Å². The lowest BCUT2D eigenvalue weighted by atomic mass is 10.1. The van der Waals surface area contributed by atoms with Crippen LogP contribution in [0.2, 0.25) is 0 Å². The molecule has 1 aliphatic rings. The Morgan fingerprint density at radius 1 is 1.09 bits per heavy atom. The molecule has 4 rings (SSSR count). The molecule has 8 nitrogen and oxygen atoms in total. The van der Waals surface area contributed by atoms with Crippen molar-refractivity contribution in [1.29, 1.82) is 0 Å². The van der Waals surface area contributed by atoms with Crippen LogP contribution in [0.4, 0.5) is 20.9 Å². The molecule has 3 N–H and O–H groups in total. The zero-order valence-corrected chi connectivity index (χ0v) is 18.5. The third-order valence-corrected chi connectivity index (χ3v) is 5.49. The molecule has 0 spiro atoms. The molecule has 1 aliphatic carbocycles. The Morgan fingerprint density at radius 3 is 2.61 bits per heavy atom. The lowest BCUT2D eigenvalue weighted by Gasteiger charge is -2.09. The number of amides is 3. The van der Waals surface area contributed by atoms with E-state index in [1.165, 1.54) is 19.1 Å². The van der Waals surface area contributed by atoms with Gasteiger partial charge in [0.1, 0.15) is 11.6 Å². The molecule has 0 atom stereocenters. The molecule has 3 amide bonds. The number of thiazole rings is 1. The Labute approximate surface area is 193 Å². The van der Waals surface area contributed by atoms with Gasteiger partial charge in [-0.05, 0) is 43.2 Å². The highest BCUT2D eigenvalue weighted by Crippen LogP contribution is 2.31. The quantitative estimate of drug-likeness (QED) is 0.457. The summed E-state index contributed by atoms with van der Waals surface area (Å²) in [5.41, 5.74) is 1.58. The van der Waals surface area contributed by atoms with Gasteiger partial charge in [0.15, 0.2) is 11.7 Å². The van der Waals surface area contributed by atoms with Crippen LogP contribution in [0.3, 0.4) is 0 Å². The zero-order valence-electron chi connectivity index (χ0n) is 17.7. The van der Waals surface area contributed by atoms with Crippen molar-refractivity contribution in [2.24, 2.45) is 5.92 Å². The van der Waals surface area contributed by atoms with Crippen molar-refractivity contribution in [2.45, 2.75) is 19.8 Å². The number of hydrogen-bond acceptors (Lipinski definition) is 6. The van der Waals surface area contributed by atoms with Crippen LogP contribution in [-0.2, 0) is 14.4 Å². The zero-order chi connectivity index (χ0) is 23.4. The molecule has 33 heavy (non-hydrogen) atoms. The number of ether oxygens (including phenoxy) is 1. The van der Waals surface area contributed by atoms with Crippen LogP contribution in [0.1, 0.15) is 19.8 Å². The summed E-state index contributed by atoms with van der Waals surface area (Å²) in [6.07, 6.45) is 1.82. The molecule has 2 aromatic carbocycles. The van der Waals surface area contributed by atoms with E-state index in [-0.39, 0.29) is 29.9 Å². The highest BCUT2D eigenvalue weighted by Gasteiger charge is 2.29. The molecular weight excluding hydrogens is 447 g/mol. The van der Waals surface area contributed by atoms with Gasteiger partial charge in [0.25, 0.3) is 5.91 Å². The Balaban J connectivity index is 1.32. The summed E-state index contributed by atoms with van der Waals surface area (Å²) in [5, 5.41) is 9.89. The maximum absolute atomic E-state index is 14.4. The second-order valence-corrected chi connectivity index (χ2v) is 8.40. The molecule has 0 aliphatic heterocycles.